The van der Waals surface area contributed by atoms with E-state index in [0.717, 1.165) is 17.1 Å². The third-order valence-electron chi connectivity index (χ3n) is 2.42. The fourth-order valence-electron chi connectivity index (χ4n) is 1.61. The van der Waals surface area contributed by atoms with Crippen molar-refractivity contribution in [2.75, 3.05) is 14.2 Å². The summed E-state index contributed by atoms with van der Waals surface area (Å²) in [6, 6.07) is 8.35. The minimum atomic E-state index is 0.656. The molecule has 0 saturated carbocycles. The summed E-state index contributed by atoms with van der Waals surface area (Å²) in [4.78, 5) is 5.68. The minimum Gasteiger partial charge on any atom is -0.380 e. The van der Waals surface area contributed by atoms with Crippen LogP contribution in [0.1, 0.15) is 10.4 Å². The molecule has 1 N–H and O–H groups in total. The predicted molar refractivity (Wildman–Crippen MR) is 71.0 cm³/mol. The highest BCUT2D eigenvalue weighted by Crippen LogP contribution is 2.25. The highest BCUT2D eigenvalue weighted by molar-refractivity contribution is 7.15. The van der Waals surface area contributed by atoms with Gasteiger partial charge >= 0.3 is 0 Å². The highest BCUT2D eigenvalue weighted by Gasteiger charge is 2.04. The lowest BCUT2D eigenvalue weighted by Gasteiger charge is -2.00. The molecule has 0 spiro atoms. The highest BCUT2D eigenvalue weighted by atomic mass is 32.1. The van der Waals surface area contributed by atoms with Gasteiger partial charge in [-0.1, -0.05) is 24.3 Å². The number of aromatic nitrogens is 1. The van der Waals surface area contributed by atoms with Crippen LogP contribution in [-0.4, -0.2) is 19.1 Å². The Bertz CT molecular complexity index is 465. The van der Waals surface area contributed by atoms with Crippen molar-refractivity contribution < 1.29 is 4.74 Å². The Morgan fingerprint density at radius 2 is 2.06 bits per heavy atom. The van der Waals surface area contributed by atoms with Gasteiger partial charge in [-0.3, -0.25) is 0 Å². The van der Waals surface area contributed by atoms with Gasteiger partial charge in [-0.05, 0) is 12.6 Å². The van der Waals surface area contributed by atoms with Gasteiger partial charge in [0, 0.05) is 30.3 Å². The molecule has 0 unspecified atom stereocenters. The number of ether oxygens (including phenoxy) is 1. The van der Waals surface area contributed by atoms with Gasteiger partial charge in [-0.2, -0.15) is 0 Å². The van der Waals surface area contributed by atoms with E-state index in [-0.39, 0.29) is 0 Å². The lowest BCUT2D eigenvalue weighted by molar-refractivity contribution is 0.185. The van der Waals surface area contributed by atoms with Crippen LogP contribution < -0.4 is 5.32 Å². The molecule has 17 heavy (non-hydrogen) atoms. The summed E-state index contributed by atoms with van der Waals surface area (Å²) < 4.78 is 5.09. The van der Waals surface area contributed by atoms with E-state index < -0.39 is 0 Å². The Balaban J connectivity index is 2.15. The normalized spacial score (nSPS) is 10.7. The molecule has 0 atom stereocenters. The monoisotopic (exact) mass is 248 g/mol. The lowest BCUT2D eigenvalue weighted by atomic mass is 10.1. The first-order valence-corrected chi connectivity index (χ1v) is 6.32. The first-order valence-electron chi connectivity index (χ1n) is 5.51. The Hall–Kier alpha value is -1.23. The summed E-state index contributed by atoms with van der Waals surface area (Å²) >= 11 is 1.72. The number of benzene rings is 1. The van der Waals surface area contributed by atoms with Gasteiger partial charge < -0.3 is 10.1 Å². The van der Waals surface area contributed by atoms with Gasteiger partial charge in [0.15, 0.2) is 0 Å². The Kier molecular flexibility index (Phi) is 4.25. The van der Waals surface area contributed by atoms with Gasteiger partial charge in [0.1, 0.15) is 5.01 Å². The molecule has 0 radical (unpaired) electrons. The van der Waals surface area contributed by atoms with Crippen LogP contribution in [0.2, 0.25) is 0 Å². The largest absolute Gasteiger partial charge is 0.380 e. The molecule has 3 nitrogen and oxygen atoms in total. The maximum Gasteiger partial charge on any atom is 0.123 e. The Labute approximate surface area is 105 Å². The Morgan fingerprint density at radius 3 is 2.71 bits per heavy atom. The molecule has 0 aliphatic rings. The van der Waals surface area contributed by atoms with E-state index in [9.17, 15) is 0 Å². The molecule has 2 aromatic rings. The first kappa shape index (κ1) is 12.2. The zero-order valence-corrected chi connectivity index (χ0v) is 10.9. The van der Waals surface area contributed by atoms with Crippen LogP contribution in [0.15, 0.2) is 30.5 Å². The Morgan fingerprint density at radius 1 is 1.29 bits per heavy atom. The molecule has 0 saturated heterocycles. The molecule has 1 aromatic carbocycles. The van der Waals surface area contributed by atoms with E-state index in [4.69, 9.17) is 4.74 Å². The number of nitrogens with zero attached hydrogens (tertiary/aromatic N) is 1. The molecular weight excluding hydrogens is 232 g/mol. The molecule has 0 amide bonds. The van der Waals surface area contributed by atoms with Crippen molar-refractivity contribution in [3.05, 3.63) is 40.9 Å². The van der Waals surface area contributed by atoms with Crippen molar-refractivity contribution in [1.29, 1.82) is 0 Å². The molecule has 0 bridgehead atoms. The second-order valence-corrected chi connectivity index (χ2v) is 4.91. The van der Waals surface area contributed by atoms with Crippen LogP contribution in [0.25, 0.3) is 10.6 Å². The number of hydrogen-bond donors (Lipinski definition) is 1. The van der Waals surface area contributed by atoms with E-state index >= 15 is 0 Å². The summed E-state index contributed by atoms with van der Waals surface area (Å²) in [5, 5.41) is 4.20. The molecular formula is C13H16N2OS. The molecule has 2 rings (SSSR count). The zero-order chi connectivity index (χ0) is 12.1. The smallest absolute Gasteiger partial charge is 0.123 e. The van der Waals surface area contributed by atoms with Crippen LogP contribution in [0.5, 0.6) is 0 Å². The van der Waals surface area contributed by atoms with Crippen molar-refractivity contribution in [3.8, 4) is 10.6 Å². The number of hydrogen-bond acceptors (Lipinski definition) is 4. The second-order valence-electron chi connectivity index (χ2n) is 3.79. The van der Waals surface area contributed by atoms with Crippen LogP contribution in [0.4, 0.5) is 0 Å². The van der Waals surface area contributed by atoms with Crippen LogP contribution in [0.3, 0.4) is 0 Å². The second kappa shape index (κ2) is 5.91. The van der Waals surface area contributed by atoms with Crippen LogP contribution >= 0.6 is 11.3 Å². The lowest BCUT2D eigenvalue weighted by Crippen LogP contribution is -2.02. The molecule has 0 fully saturated rings. The molecule has 4 heteroatoms. The van der Waals surface area contributed by atoms with E-state index in [1.807, 2.05) is 13.2 Å². The summed E-state index contributed by atoms with van der Waals surface area (Å²) in [6.07, 6.45) is 1.93. The van der Waals surface area contributed by atoms with Crippen molar-refractivity contribution >= 4 is 11.3 Å². The van der Waals surface area contributed by atoms with Crippen molar-refractivity contribution in [1.82, 2.24) is 10.3 Å². The summed E-state index contributed by atoms with van der Waals surface area (Å²) in [5.74, 6) is 0. The van der Waals surface area contributed by atoms with E-state index in [2.05, 4.69) is 34.6 Å². The average molecular weight is 248 g/mol. The van der Waals surface area contributed by atoms with Crippen molar-refractivity contribution in [2.45, 2.75) is 13.2 Å². The minimum absolute atomic E-state index is 0.656. The average Bonchev–Trinajstić information content (AvgIpc) is 2.80. The fraction of sp³-hybridized carbons (Fsp3) is 0.308. The predicted octanol–water partition coefficient (Wildman–Crippen LogP) is 2.68. The van der Waals surface area contributed by atoms with Gasteiger partial charge in [0.25, 0.3) is 0 Å². The SMILES string of the molecule is CNCc1cnc(-c2ccc(COC)cc2)s1. The fourth-order valence-corrected chi connectivity index (χ4v) is 2.54. The third kappa shape index (κ3) is 3.12. The summed E-state index contributed by atoms with van der Waals surface area (Å²) in [5.41, 5.74) is 2.35. The molecule has 0 aliphatic carbocycles. The molecule has 1 heterocycles. The number of methoxy groups -OCH3 is 1. The third-order valence-corrected chi connectivity index (χ3v) is 3.46. The van der Waals surface area contributed by atoms with E-state index in [1.54, 1.807) is 18.4 Å². The quantitative estimate of drug-likeness (QED) is 0.883. The van der Waals surface area contributed by atoms with Crippen molar-refractivity contribution in [2.24, 2.45) is 0 Å². The molecule has 1 aromatic heterocycles. The van der Waals surface area contributed by atoms with E-state index in [1.165, 1.54) is 10.4 Å². The molecule has 90 valence electrons. The zero-order valence-electron chi connectivity index (χ0n) is 10.1. The number of nitrogens with one attached hydrogen (secondary N) is 1. The molecule has 0 aliphatic heterocycles. The maximum atomic E-state index is 5.09. The van der Waals surface area contributed by atoms with Crippen molar-refractivity contribution in [3.63, 3.8) is 0 Å². The topological polar surface area (TPSA) is 34.2 Å². The van der Waals surface area contributed by atoms with Crippen LogP contribution in [-0.2, 0) is 17.9 Å². The van der Waals surface area contributed by atoms with Gasteiger partial charge in [0.05, 0.1) is 6.61 Å². The van der Waals surface area contributed by atoms with Crippen LogP contribution in [0, 0.1) is 0 Å². The summed E-state index contributed by atoms with van der Waals surface area (Å²) in [7, 11) is 3.65. The summed E-state index contributed by atoms with van der Waals surface area (Å²) in [6.45, 7) is 1.53. The van der Waals surface area contributed by atoms with Gasteiger partial charge in [-0.25, -0.2) is 4.98 Å². The number of thiazole rings is 1. The van der Waals surface area contributed by atoms with Gasteiger partial charge in [0.2, 0.25) is 0 Å². The first-order chi connectivity index (χ1) is 8.33. The number of rotatable bonds is 5. The standard InChI is InChI=1S/C13H16N2OS/c1-14-7-12-8-15-13(17-12)11-5-3-10(4-6-11)9-16-2/h3-6,8,14H,7,9H2,1-2H3. The van der Waals surface area contributed by atoms with Gasteiger partial charge in [-0.15, -0.1) is 11.3 Å². The maximum absolute atomic E-state index is 5.09. The van der Waals surface area contributed by atoms with E-state index in [0.29, 0.717) is 6.61 Å².